The van der Waals surface area contributed by atoms with Gasteiger partial charge in [0, 0.05) is 12.2 Å². The Kier molecular flexibility index (Phi) is 6.74. The highest BCUT2D eigenvalue weighted by Gasteiger charge is 2.01. The van der Waals surface area contributed by atoms with Crippen molar-refractivity contribution in [2.24, 2.45) is 0 Å². The van der Waals surface area contributed by atoms with Gasteiger partial charge in [-0.1, -0.05) is 18.2 Å². The predicted molar refractivity (Wildman–Crippen MR) is 75.7 cm³/mol. The lowest BCUT2D eigenvalue weighted by molar-refractivity contribution is -0.111. The van der Waals surface area contributed by atoms with Gasteiger partial charge in [0.05, 0.1) is 6.54 Å². The third-order valence-electron chi connectivity index (χ3n) is 2.47. The van der Waals surface area contributed by atoms with Gasteiger partial charge in [0.15, 0.2) is 5.12 Å². The van der Waals surface area contributed by atoms with Crippen molar-refractivity contribution in [2.75, 3.05) is 32.0 Å². The maximum atomic E-state index is 10.7. The molecule has 0 spiro atoms. The summed E-state index contributed by atoms with van der Waals surface area (Å²) >= 11 is 3.76. The number of rotatable bonds is 8. The van der Waals surface area contributed by atoms with Crippen molar-refractivity contribution in [1.29, 1.82) is 0 Å². The fourth-order valence-electron chi connectivity index (χ4n) is 1.61. The minimum Gasteiger partial charge on any atom is -0.385 e. The monoisotopic (exact) mass is 252 g/mol. The van der Waals surface area contributed by atoms with Gasteiger partial charge in [-0.05, 0) is 38.6 Å². The second-order valence-electron chi connectivity index (χ2n) is 4.13. The molecule has 0 radical (unpaired) electrons. The maximum Gasteiger partial charge on any atom is 0.199 e. The molecule has 0 amide bonds. The molecule has 94 valence electrons. The van der Waals surface area contributed by atoms with Gasteiger partial charge in [-0.3, -0.25) is 9.69 Å². The van der Waals surface area contributed by atoms with E-state index < -0.39 is 0 Å². The van der Waals surface area contributed by atoms with Crippen molar-refractivity contribution < 1.29 is 4.79 Å². The lowest BCUT2D eigenvalue weighted by Crippen LogP contribution is -2.24. The van der Waals surface area contributed by atoms with Gasteiger partial charge in [-0.25, -0.2) is 0 Å². The minimum atomic E-state index is -0.0742. The van der Waals surface area contributed by atoms with Gasteiger partial charge in [0.25, 0.3) is 0 Å². The normalized spacial score (nSPS) is 10.5. The molecule has 0 fully saturated rings. The van der Waals surface area contributed by atoms with Crippen LogP contribution in [0.5, 0.6) is 0 Å². The number of likely N-dealkylation sites (N-methyl/N-ethyl adjacent to an activating group) is 1. The smallest absolute Gasteiger partial charge is 0.199 e. The number of hydrogen-bond donors (Lipinski definition) is 2. The van der Waals surface area contributed by atoms with Crippen LogP contribution >= 0.6 is 12.6 Å². The fourth-order valence-corrected chi connectivity index (χ4v) is 1.85. The van der Waals surface area contributed by atoms with Crippen LogP contribution in [-0.4, -0.2) is 36.7 Å². The fraction of sp³-hybridized carbons (Fsp3) is 0.462. The predicted octanol–water partition coefficient (Wildman–Crippen LogP) is 2.27. The topological polar surface area (TPSA) is 32.3 Å². The number of nitrogens with one attached hydrogen (secondary N) is 1. The van der Waals surface area contributed by atoms with Crippen LogP contribution in [0.2, 0.25) is 0 Å². The van der Waals surface area contributed by atoms with E-state index in [4.69, 9.17) is 0 Å². The Hall–Kier alpha value is -1.000. The molecule has 4 heteroatoms. The Balaban J connectivity index is 2.03. The molecular formula is C13H20N2OS. The maximum absolute atomic E-state index is 10.7. The van der Waals surface area contributed by atoms with Gasteiger partial charge in [0.2, 0.25) is 0 Å². The van der Waals surface area contributed by atoms with Crippen LogP contribution in [0.4, 0.5) is 5.69 Å². The Bertz CT molecular complexity index is 329. The summed E-state index contributed by atoms with van der Waals surface area (Å²) in [7, 11) is 1.94. The van der Waals surface area contributed by atoms with Crippen LogP contribution in [0.25, 0.3) is 0 Å². The standard InChI is InChI=1S/C13H20N2OS/c1-15(11-13(16)17)10-6-5-9-14-12-7-3-2-4-8-12/h2-4,7-8,14H,5-6,9-11H2,1H3,(H,16,17). The summed E-state index contributed by atoms with van der Waals surface area (Å²) in [6, 6.07) is 10.2. The zero-order valence-corrected chi connectivity index (χ0v) is 11.1. The highest BCUT2D eigenvalue weighted by Crippen LogP contribution is 2.05. The third kappa shape index (κ3) is 7.02. The Morgan fingerprint density at radius 3 is 2.65 bits per heavy atom. The average molecular weight is 252 g/mol. The lowest BCUT2D eigenvalue weighted by Gasteiger charge is -2.14. The van der Waals surface area contributed by atoms with Crippen molar-refractivity contribution in [3.63, 3.8) is 0 Å². The molecular weight excluding hydrogens is 232 g/mol. The van der Waals surface area contributed by atoms with Crippen molar-refractivity contribution in [1.82, 2.24) is 4.90 Å². The summed E-state index contributed by atoms with van der Waals surface area (Å²) in [6.07, 6.45) is 2.18. The largest absolute Gasteiger partial charge is 0.385 e. The number of unbranched alkanes of at least 4 members (excludes halogenated alkanes) is 1. The molecule has 0 bridgehead atoms. The number of hydrogen-bond acceptors (Lipinski definition) is 3. The van der Waals surface area contributed by atoms with E-state index in [0.717, 1.165) is 31.6 Å². The molecule has 0 unspecified atom stereocenters. The summed E-state index contributed by atoms with van der Waals surface area (Å²) < 4.78 is 0. The first-order valence-corrected chi connectivity index (χ1v) is 6.32. The lowest BCUT2D eigenvalue weighted by atomic mass is 10.2. The number of para-hydroxylation sites is 1. The SMILES string of the molecule is CN(CCCCNc1ccccc1)CC(=O)S. The van der Waals surface area contributed by atoms with Gasteiger partial charge in [-0.2, -0.15) is 0 Å². The zero-order valence-electron chi connectivity index (χ0n) is 10.2. The van der Waals surface area contributed by atoms with Gasteiger partial charge in [0.1, 0.15) is 0 Å². The van der Waals surface area contributed by atoms with Crippen molar-refractivity contribution in [3.8, 4) is 0 Å². The first-order valence-electron chi connectivity index (χ1n) is 5.88. The van der Waals surface area contributed by atoms with Crippen LogP contribution in [0.1, 0.15) is 12.8 Å². The van der Waals surface area contributed by atoms with Crippen LogP contribution in [0, 0.1) is 0 Å². The number of benzene rings is 1. The van der Waals surface area contributed by atoms with E-state index in [-0.39, 0.29) is 5.12 Å². The van der Waals surface area contributed by atoms with Crippen molar-refractivity contribution >= 4 is 23.4 Å². The van der Waals surface area contributed by atoms with Crippen molar-refractivity contribution in [2.45, 2.75) is 12.8 Å². The van der Waals surface area contributed by atoms with Crippen LogP contribution in [-0.2, 0) is 4.79 Å². The molecule has 0 saturated carbocycles. The molecule has 0 aliphatic carbocycles. The first-order chi connectivity index (χ1) is 8.18. The van der Waals surface area contributed by atoms with E-state index >= 15 is 0 Å². The second kappa shape index (κ2) is 8.14. The summed E-state index contributed by atoms with van der Waals surface area (Å²) in [5.41, 5.74) is 1.16. The average Bonchev–Trinajstić information content (AvgIpc) is 2.29. The second-order valence-corrected chi connectivity index (χ2v) is 4.63. The van der Waals surface area contributed by atoms with E-state index in [2.05, 4.69) is 30.1 Å². The molecule has 0 aliphatic heterocycles. The van der Waals surface area contributed by atoms with Crippen molar-refractivity contribution in [3.05, 3.63) is 30.3 Å². The van der Waals surface area contributed by atoms with Crippen LogP contribution in [0.15, 0.2) is 30.3 Å². The highest BCUT2D eigenvalue weighted by molar-refractivity contribution is 7.96. The minimum absolute atomic E-state index is 0.0742. The summed E-state index contributed by atoms with van der Waals surface area (Å²) in [4.78, 5) is 12.7. The van der Waals surface area contributed by atoms with Gasteiger partial charge >= 0.3 is 0 Å². The molecule has 0 aliphatic rings. The van der Waals surface area contributed by atoms with E-state index in [1.54, 1.807) is 0 Å². The van der Waals surface area contributed by atoms with Crippen LogP contribution in [0.3, 0.4) is 0 Å². The number of carbonyl (C=O) groups excluding carboxylic acids is 1. The van der Waals surface area contributed by atoms with E-state index in [1.165, 1.54) is 0 Å². The molecule has 0 saturated heterocycles. The Labute approximate surface area is 109 Å². The number of carbonyl (C=O) groups is 1. The van der Waals surface area contributed by atoms with Crippen LogP contribution < -0.4 is 5.32 Å². The third-order valence-corrected chi connectivity index (χ3v) is 2.62. The quantitative estimate of drug-likeness (QED) is 0.550. The van der Waals surface area contributed by atoms with Gasteiger partial charge < -0.3 is 5.32 Å². The molecule has 3 nitrogen and oxygen atoms in total. The van der Waals surface area contributed by atoms with E-state index in [1.807, 2.05) is 30.1 Å². The molecule has 1 aromatic rings. The number of nitrogens with zero attached hydrogens (tertiary/aromatic N) is 1. The first kappa shape index (κ1) is 14.1. The molecule has 0 aromatic heterocycles. The van der Waals surface area contributed by atoms with Gasteiger partial charge in [-0.15, -0.1) is 12.6 Å². The summed E-state index contributed by atoms with van der Waals surface area (Å²) in [5, 5.41) is 3.28. The van der Waals surface area contributed by atoms with E-state index in [9.17, 15) is 4.79 Å². The number of anilines is 1. The Morgan fingerprint density at radius 1 is 1.29 bits per heavy atom. The van der Waals surface area contributed by atoms with E-state index in [0.29, 0.717) is 6.54 Å². The molecule has 1 N–H and O–H groups in total. The summed E-state index contributed by atoms with van der Waals surface area (Å²) in [6.45, 7) is 2.32. The molecule has 17 heavy (non-hydrogen) atoms. The Morgan fingerprint density at radius 2 is 2.00 bits per heavy atom. The molecule has 1 aromatic carbocycles. The molecule has 0 atom stereocenters. The highest BCUT2D eigenvalue weighted by atomic mass is 32.1. The summed E-state index contributed by atoms with van der Waals surface area (Å²) in [5.74, 6) is 0. The number of thiol groups is 1. The molecule has 0 heterocycles. The zero-order chi connectivity index (χ0) is 12.5. The molecule has 1 rings (SSSR count).